The summed E-state index contributed by atoms with van der Waals surface area (Å²) in [5.41, 5.74) is 4.92. The number of pyridine rings is 1. The summed E-state index contributed by atoms with van der Waals surface area (Å²) >= 11 is 0. The number of alkyl halides is 2. The van der Waals surface area contributed by atoms with E-state index in [0.717, 1.165) is 0 Å². The minimum absolute atomic E-state index is 0. The monoisotopic (exact) mass is 353 g/mol. The molecule has 0 bridgehead atoms. The average Bonchev–Trinajstić information content (AvgIpc) is 2.99. The van der Waals surface area contributed by atoms with Gasteiger partial charge in [0.15, 0.2) is 5.82 Å². The molecule has 0 unspecified atom stereocenters. The predicted octanol–water partition coefficient (Wildman–Crippen LogP) is 1.43. The van der Waals surface area contributed by atoms with Crippen LogP contribution in [-0.4, -0.2) is 39.7 Å². The normalized spacial score (nSPS) is 10.3. The molecule has 0 spiro atoms. The first-order valence-electron chi connectivity index (χ1n) is 5.85. The molecular weight excluding hydrogens is 339 g/mol. The van der Waals surface area contributed by atoms with E-state index in [4.69, 9.17) is 5.73 Å². The van der Waals surface area contributed by atoms with Gasteiger partial charge in [-0.1, -0.05) is 6.07 Å². The number of nitrogens with two attached hydrogens (primary N) is 1. The van der Waals surface area contributed by atoms with Gasteiger partial charge < -0.3 is 11.1 Å². The number of carbonyl (C=O) groups excluding carboxylic acids is 1. The van der Waals surface area contributed by atoms with Gasteiger partial charge in [-0.05, 0) is 18.2 Å². The van der Waals surface area contributed by atoms with Crippen molar-refractivity contribution >= 4 is 30.7 Å². The maximum Gasteiger partial charge on any atom is 0.277 e. The highest BCUT2D eigenvalue weighted by Gasteiger charge is 2.27. The summed E-state index contributed by atoms with van der Waals surface area (Å²) in [5.74, 6) is -3.39. The van der Waals surface area contributed by atoms with Crippen molar-refractivity contribution in [2.75, 3.05) is 13.1 Å². The maximum atomic E-state index is 13.0. The van der Waals surface area contributed by atoms with Gasteiger partial charge in [-0.15, -0.1) is 24.8 Å². The van der Waals surface area contributed by atoms with E-state index >= 15 is 0 Å². The van der Waals surface area contributed by atoms with E-state index < -0.39 is 24.9 Å². The molecule has 0 radical (unpaired) electrons. The van der Waals surface area contributed by atoms with Crippen LogP contribution in [-0.2, 0) is 0 Å². The van der Waals surface area contributed by atoms with Gasteiger partial charge in [-0.25, -0.2) is 18.4 Å². The zero-order chi connectivity index (χ0) is 14.6. The second kappa shape index (κ2) is 8.62. The van der Waals surface area contributed by atoms with E-state index in [0.29, 0.717) is 5.82 Å². The molecule has 0 aliphatic heterocycles. The Bertz CT molecular complexity index is 595. The summed E-state index contributed by atoms with van der Waals surface area (Å²) in [6.45, 7) is -1.65. The number of carbonyl (C=O) groups is 1. The molecule has 2 aromatic heterocycles. The van der Waals surface area contributed by atoms with Crippen LogP contribution in [0, 0.1) is 0 Å². The molecule has 6 nitrogen and oxygen atoms in total. The van der Waals surface area contributed by atoms with Gasteiger partial charge in [0.1, 0.15) is 5.69 Å². The molecule has 0 aliphatic carbocycles. The van der Waals surface area contributed by atoms with Gasteiger partial charge in [0.25, 0.3) is 11.8 Å². The van der Waals surface area contributed by atoms with Crippen LogP contribution < -0.4 is 11.1 Å². The summed E-state index contributed by atoms with van der Waals surface area (Å²) < 4.78 is 27.4. The van der Waals surface area contributed by atoms with Crippen molar-refractivity contribution in [2.45, 2.75) is 5.92 Å². The van der Waals surface area contributed by atoms with Crippen LogP contribution in [0.5, 0.6) is 0 Å². The molecular formula is C12H15Cl2F2N5O. The fourth-order valence-electron chi connectivity index (χ4n) is 1.45. The summed E-state index contributed by atoms with van der Waals surface area (Å²) in [5, 5.41) is 6.07. The molecule has 22 heavy (non-hydrogen) atoms. The van der Waals surface area contributed by atoms with Crippen molar-refractivity contribution in [1.82, 2.24) is 20.1 Å². The Morgan fingerprint density at radius 2 is 2.05 bits per heavy atom. The quantitative estimate of drug-likeness (QED) is 0.851. The highest BCUT2D eigenvalue weighted by Crippen LogP contribution is 2.09. The number of rotatable bonds is 5. The van der Waals surface area contributed by atoms with Gasteiger partial charge >= 0.3 is 0 Å². The Labute approximate surface area is 137 Å². The highest BCUT2D eigenvalue weighted by atomic mass is 35.5. The fourth-order valence-corrected chi connectivity index (χ4v) is 1.45. The van der Waals surface area contributed by atoms with Gasteiger partial charge in [-0.3, -0.25) is 4.79 Å². The molecule has 0 atom stereocenters. The molecule has 10 heteroatoms. The Morgan fingerprint density at radius 1 is 1.32 bits per heavy atom. The largest absolute Gasteiger partial charge is 0.345 e. The van der Waals surface area contributed by atoms with Crippen molar-refractivity contribution in [3.63, 3.8) is 0 Å². The van der Waals surface area contributed by atoms with Crippen molar-refractivity contribution in [2.24, 2.45) is 5.73 Å². The van der Waals surface area contributed by atoms with Crippen LogP contribution in [0.3, 0.4) is 0 Å². The molecule has 0 saturated carbocycles. The molecule has 2 heterocycles. The Kier molecular flexibility index (Phi) is 7.93. The number of nitrogens with zero attached hydrogens (tertiary/aromatic N) is 3. The number of halogens is 4. The Morgan fingerprint density at radius 3 is 2.64 bits per heavy atom. The zero-order valence-corrected chi connectivity index (χ0v) is 12.9. The van der Waals surface area contributed by atoms with E-state index in [1.54, 1.807) is 30.6 Å². The number of hydrogen-bond acceptors (Lipinski definition) is 4. The van der Waals surface area contributed by atoms with Crippen molar-refractivity contribution < 1.29 is 13.6 Å². The lowest BCUT2D eigenvalue weighted by molar-refractivity contribution is 0.0118. The summed E-state index contributed by atoms with van der Waals surface area (Å²) in [7, 11) is 0. The molecule has 2 aromatic rings. The van der Waals surface area contributed by atoms with E-state index in [-0.39, 0.29) is 30.5 Å². The van der Waals surface area contributed by atoms with E-state index in [1.165, 1.54) is 10.7 Å². The molecule has 122 valence electrons. The summed E-state index contributed by atoms with van der Waals surface area (Å²) in [4.78, 5) is 15.8. The second-order valence-corrected chi connectivity index (χ2v) is 4.07. The van der Waals surface area contributed by atoms with Gasteiger partial charge in [-0.2, -0.15) is 5.10 Å². The fraction of sp³-hybridized carbons (Fsp3) is 0.250. The number of aromatic nitrogens is 3. The predicted molar refractivity (Wildman–Crippen MR) is 82.2 cm³/mol. The Hall–Kier alpha value is -1.77. The molecule has 1 amide bonds. The maximum absolute atomic E-state index is 13.0. The Balaban J connectivity index is 0.00000220. The van der Waals surface area contributed by atoms with E-state index in [9.17, 15) is 13.6 Å². The first-order valence-corrected chi connectivity index (χ1v) is 5.85. The third-order valence-corrected chi connectivity index (χ3v) is 2.51. The van der Waals surface area contributed by atoms with Crippen LogP contribution in [0.25, 0.3) is 5.82 Å². The van der Waals surface area contributed by atoms with Crippen LogP contribution in [0.2, 0.25) is 0 Å². The number of nitrogens with one attached hydrogen (secondary N) is 1. The number of hydrogen-bond donors (Lipinski definition) is 2. The first kappa shape index (κ1) is 20.2. The zero-order valence-electron chi connectivity index (χ0n) is 11.3. The van der Waals surface area contributed by atoms with Crippen molar-refractivity contribution in [1.29, 1.82) is 0 Å². The summed E-state index contributed by atoms with van der Waals surface area (Å²) in [6.07, 6.45) is 3.23. The molecule has 0 saturated heterocycles. The lowest BCUT2D eigenvalue weighted by atomic mass is 10.3. The van der Waals surface area contributed by atoms with Gasteiger partial charge in [0.05, 0.1) is 13.1 Å². The van der Waals surface area contributed by atoms with Crippen molar-refractivity contribution in [3.05, 3.63) is 42.4 Å². The summed E-state index contributed by atoms with van der Waals surface area (Å²) in [6, 6.07) is 6.39. The molecule has 0 aromatic carbocycles. The van der Waals surface area contributed by atoms with Crippen LogP contribution in [0.1, 0.15) is 10.5 Å². The minimum Gasteiger partial charge on any atom is -0.345 e. The van der Waals surface area contributed by atoms with E-state index in [1.807, 2.05) is 0 Å². The van der Waals surface area contributed by atoms with Crippen LogP contribution in [0.15, 0.2) is 36.7 Å². The smallest absolute Gasteiger partial charge is 0.277 e. The third-order valence-electron chi connectivity index (χ3n) is 2.51. The topological polar surface area (TPSA) is 85.8 Å². The number of amides is 1. The lowest BCUT2D eigenvalue weighted by Gasteiger charge is -2.14. The van der Waals surface area contributed by atoms with Crippen LogP contribution in [0.4, 0.5) is 8.78 Å². The molecule has 3 N–H and O–H groups in total. The highest BCUT2D eigenvalue weighted by molar-refractivity contribution is 5.92. The average molecular weight is 354 g/mol. The van der Waals surface area contributed by atoms with Crippen molar-refractivity contribution in [3.8, 4) is 5.82 Å². The second-order valence-electron chi connectivity index (χ2n) is 4.07. The van der Waals surface area contributed by atoms with E-state index in [2.05, 4.69) is 15.4 Å². The standard InChI is InChI=1S/C12H13F2N5O.2ClH/c13-12(14,7-15)8-16-11(20)9-3-1-4-10(18-9)19-6-2-5-17-19;;/h1-6H,7-8,15H2,(H,16,20);2*1H. The lowest BCUT2D eigenvalue weighted by Crippen LogP contribution is -2.41. The molecule has 0 fully saturated rings. The third kappa shape index (κ3) is 5.21. The van der Waals surface area contributed by atoms with Crippen LogP contribution >= 0.6 is 24.8 Å². The molecule has 0 aliphatic rings. The minimum atomic E-state index is -3.13. The first-order chi connectivity index (χ1) is 9.52. The van der Waals surface area contributed by atoms with Gasteiger partial charge in [0.2, 0.25) is 0 Å². The SMILES string of the molecule is Cl.Cl.NCC(F)(F)CNC(=O)c1cccc(-n2cccn2)n1. The molecule has 2 rings (SSSR count). The van der Waals surface area contributed by atoms with Gasteiger partial charge in [0, 0.05) is 12.4 Å².